The SMILES string of the molecule is CC(C(=O)NC(C)(C)C)N(Cc1ccccc1F)C(=O)COc1ccc(C(C)(C)C)cc1Br. The van der Waals surface area contributed by atoms with E-state index in [0.717, 1.165) is 10.0 Å². The Morgan fingerprint density at radius 1 is 1.09 bits per heavy atom. The third-order valence-corrected chi connectivity index (χ3v) is 5.73. The largest absolute Gasteiger partial charge is 0.483 e. The molecule has 0 radical (unpaired) electrons. The number of hydrogen-bond acceptors (Lipinski definition) is 3. The molecule has 0 saturated carbocycles. The number of amides is 2. The molecule has 1 unspecified atom stereocenters. The summed E-state index contributed by atoms with van der Waals surface area (Å²) in [6, 6.07) is 11.2. The molecule has 2 amide bonds. The number of carbonyl (C=O) groups is 2. The molecule has 0 aliphatic carbocycles. The summed E-state index contributed by atoms with van der Waals surface area (Å²) in [5.41, 5.74) is 0.969. The third-order valence-electron chi connectivity index (χ3n) is 5.11. The molecule has 0 aliphatic rings. The number of halogens is 2. The molecule has 33 heavy (non-hydrogen) atoms. The van der Waals surface area contributed by atoms with Crippen molar-refractivity contribution in [2.75, 3.05) is 6.61 Å². The maximum atomic E-state index is 14.3. The lowest BCUT2D eigenvalue weighted by Crippen LogP contribution is -2.53. The lowest BCUT2D eigenvalue weighted by Gasteiger charge is -2.31. The van der Waals surface area contributed by atoms with Crippen LogP contribution in [0.3, 0.4) is 0 Å². The number of nitrogens with one attached hydrogen (secondary N) is 1. The summed E-state index contributed by atoms with van der Waals surface area (Å²) in [4.78, 5) is 27.3. The second kappa shape index (κ2) is 10.7. The van der Waals surface area contributed by atoms with Crippen LogP contribution in [-0.4, -0.2) is 34.9 Å². The van der Waals surface area contributed by atoms with Gasteiger partial charge in [0.15, 0.2) is 6.61 Å². The molecular weight excluding hydrogens is 487 g/mol. The van der Waals surface area contributed by atoms with E-state index in [2.05, 4.69) is 42.0 Å². The summed E-state index contributed by atoms with van der Waals surface area (Å²) >= 11 is 3.51. The normalized spacial score (nSPS) is 12.8. The molecule has 0 bridgehead atoms. The summed E-state index contributed by atoms with van der Waals surface area (Å²) in [5.74, 6) is -0.640. The van der Waals surface area contributed by atoms with Crippen molar-refractivity contribution in [2.45, 2.75) is 72.0 Å². The van der Waals surface area contributed by atoms with Gasteiger partial charge in [-0.2, -0.15) is 0 Å². The summed E-state index contributed by atoms with van der Waals surface area (Å²) < 4.78 is 20.8. The van der Waals surface area contributed by atoms with Gasteiger partial charge < -0.3 is 15.0 Å². The van der Waals surface area contributed by atoms with Crippen molar-refractivity contribution in [2.24, 2.45) is 0 Å². The molecule has 0 aromatic heterocycles. The first-order valence-corrected chi connectivity index (χ1v) is 11.8. The first kappa shape index (κ1) is 26.8. The van der Waals surface area contributed by atoms with Gasteiger partial charge in [0, 0.05) is 17.6 Å². The fraction of sp³-hybridized carbons (Fsp3) is 0.462. The Bertz CT molecular complexity index is 996. The third kappa shape index (κ3) is 7.84. The Morgan fingerprint density at radius 3 is 2.27 bits per heavy atom. The van der Waals surface area contributed by atoms with E-state index in [9.17, 15) is 14.0 Å². The van der Waals surface area contributed by atoms with Crippen LogP contribution in [0.25, 0.3) is 0 Å². The zero-order valence-electron chi connectivity index (χ0n) is 20.5. The van der Waals surface area contributed by atoms with Gasteiger partial charge in [0.2, 0.25) is 5.91 Å². The van der Waals surface area contributed by atoms with Crippen LogP contribution in [0.1, 0.15) is 59.6 Å². The second-order valence-electron chi connectivity index (χ2n) is 10.2. The summed E-state index contributed by atoms with van der Waals surface area (Å²) in [6.45, 7) is 13.2. The van der Waals surface area contributed by atoms with Crippen LogP contribution in [-0.2, 0) is 21.5 Å². The minimum atomic E-state index is -0.813. The van der Waals surface area contributed by atoms with Gasteiger partial charge in [0.25, 0.3) is 5.91 Å². The molecular formula is C26H34BrFN2O3. The molecule has 0 fully saturated rings. The minimum absolute atomic E-state index is 0.0245. The van der Waals surface area contributed by atoms with Crippen molar-refractivity contribution in [1.82, 2.24) is 10.2 Å². The number of ether oxygens (including phenoxy) is 1. The van der Waals surface area contributed by atoms with Gasteiger partial charge in [-0.3, -0.25) is 9.59 Å². The van der Waals surface area contributed by atoms with Crippen molar-refractivity contribution in [3.8, 4) is 5.75 Å². The number of hydrogen-bond donors (Lipinski definition) is 1. The van der Waals surface area contributed by atoms with Gasteiger partial charge in [-0.1, -0.05) is 45.0 Å². The van der Waals surface area contributed by atoms with Crippen LogP contribution in [0.15, 0.2) is 46.9 Å². The predicted molar refractivity (Wildman–Crippen MR) is 133 cm³/mol. The summed E-state index contributed by atoms with van der Waals surface area (Å²) in [5, 5.41) is 2.88. The van der Waals surface area contributed by atoms with Crippen molar-refractivity contribution in [3.63, 3.8) is 0 Å². The number of benzene rings is 2. The van der Waals surface area contributed by atoms with Gasteiger partial charge in [-0.25, -0.2) is 4.39 Å². The molecule has 0 heterocycles. The highest BCUT2D eigenvalue weighted by Gasteiger charge is 2.29. The number of rotatable bonds is 7. The average molecular weight is 521 g/mol. The summed E-state index contributed by atoms with van der Waals surface area (Å²) in [7, 11) is 0. The van der Waals surface area contributed by atoms with Gasteiger partial charge in [0.1, 0.15) is 17.6 Å². The van der Waals surface area contributed by atoms with E-state index >= 15 is 0 Å². The van der Waals surface area contributed by atoms with E-state index in [1.54, 1.807) is 25.1 Å². The molecule has 0 spiro atoms. The molecule has 2 aromatic rings. The Balaban J connectivity index is 2.22. The first-order valence-electron chi connectivity index (χ1n) is 11.0. The van der Waals surface area contributed by atoms with Crippen LogP contribution in [0.5, 0.6) is 5.75 Å². The smallest absolute Gasteiger partial charge is 0.261 e. The van der Waals surface area contributed by atoms with Crippen molar-refractivity contribution in [3.05, 3.63) is 63.9 Å². The molecule has 0 aliphatic heterocycles. The van der Waals surface area contributed by atoms with Crippen LogP contribution < -0.4 is 10.1 Å². The molecule has 0 saturated heterocycles. The maximum absolute atomic E-state index is 14.3. The highest BCUT2D eigenvalue weighted by atomic mass is 79.9. The van der Waals surface area contributed by atoms with Gasteiger partial charge in [-0.15, -0.1) is 0 Å². The van der Waals surface area contributed by atoms with Crippen molar-refractivity contribution >= 4 is 27.7 Å². The van der Waals surface area contributed by atoms with Crippen LogP contribution in [0, 0.1) is 5.82 Å². The van der Waals surface area contributed by atoms with E-state index < -0.39 is 23.3 Å². The Labute approximate surface area is 204 Å². The number of nitrogens with zero attached hydrogens (tertiary/aromatic N) is 1. The fourth-order valence-corrected chi connectivity index (χ4v) is 3.67. The lowest BCUT2D eigenvalue weighted by atomic mass is 9.87. The molecule has 5 nitrogen and oxygen atoms in total. The zero-order chi connectivity index (χ0) is 25.0. The Hall–Kier alpha value is -2.41. The van der Waals surface area contributed by atoms with Crippen molar-refractivity contribution < 1.29 is 18.7 Å². The van der Waals surface area contributed by atoms with Crippen LogP contribution >= 0.6 is 15.9 Å². The van der Waals surface area contributed by atoms with E-state index in [4.69, 9.17) is 4.74 Å². The monoisotopic (exact) mass is 520 g/mol. The molecule has 1 atom stereocenters. The molecule has 180 valence electrons. The molecule has 7 heteroatoms. The van der Waals surface area contributed by atoms with Gasteiger partial charge in [-0.05, 0) is 72.8 Å². The topological polar surface area (TPSA) is 58.6 Å². The Morgan fingerprint density at radius 2 is 1.73 bits per heavy atom. The molecule has 1 N–H and O–H groups in total. The average Bonchev–Trinajstić information content (AvgIpc) is 2.69. The van der Waals surface area contributed by atoms with E-state index in [1.165, 1.54) is 11.0 Å². The van der Waals surface area contributed by atoms with Crippen molar-refractivity contribution in [1.29, 1.82) is 0 Å². The highest BCUT2D eigenvalue weighted by Crippen LogP contribution is 2.31. The van der Waals surface area contributed by atoms with Gasteiger partial charge in [0.05, 0.1) is 4.47 Å². The van der Waals surface area contributed by atoms with E-state index in [1.807, 2.05) is 39.0 Å². The van der Waals surface area contributed by atoms with E-state index in [-0.39, 0.29) is 24.5 Å². The predicted octanol–water partition coefficient (Wildman–Crippen LogP) is 5.60. The van der Waals surface area contributed by atoms with E-state index in [0.29, 0.717) is 11.3 Å². The first-order chi connectivity index (χ1) is 15.2. The van der Waals surface area contributed by atoms with Gasteiger partial charge >= 0.3 is 0 Å². The van der Waals surface area contributed by atoms with Crippen LogP contribution in [0.4, 0.5) is 4.39 Å². The highest BCUT2D eigenvalue weighted by molar-refractivity contribution is 9.10. The quantitative estimate of drug-likeness (QED) is 0.517. The zero-order valence-corrected chi connectivity index (χ0v) is 22.0. The number of carbonyl (C=O) groups excluding carboxylic acids is 2. The molecule has 2 aromatic carbocycles. The lowest BCUT2D eigenvalue weighted by molar-refractivity contribution is -0.142. The fourth-order valence-electron chi connectivity index (χ4n) is 3.17. The maximum Gasteiger partial charge on any atom is 0.261 e. The Kier molecular flexibility index (Phi) is 8.69. The van der Waals surface area contributed by atoms with Crippen LogP contribution in [0.2, 0.25) is 0 Å². The summed E-state index contributed by atoms with van der Waals surface area (Å²) in [6.07, 6.45) is 0. The molecule has 2 rings (SSSR count). The minimum Gasteiger partial charge on any atom is -0.483 e. The second-order valence-corrected chi connectivity index (χ2v) is 11.1. The standard InChI is InChI=1S/C26H34BrFN2O3/c1-17(24(32)29-26(5,6)7)30(15-18-10-8-9-11-21(18)28)23(31)16-33-22-13-12-19(14-20(22)27)25(2,3)4/h8-14,17H,15-16H2,1-7H3,(H,29,32).